The van der Waals surface area contributed by atoms with Crippen molar-refractivity contribution in [1.82, 2.24) is 0 Å². The summed E-state index contributed by atoms with van der Waals surface area (Å²) in [5, 5.41) is 0. The largest absolute Gasteiger partial charge is 0.501 e. The zero-order valence-electron chi connectivity index (χ0n) is 14.5. The molecular weight excluding hydrogens is 244 g/mol. The highest BCUT2D eigenvalue weighted by Crippen LogP contribution is 2.48. The van der Waals surface area contributed by atoms with E-state index in [-0.39, 0.29) is 5.41 Å². The molecule has 1 heteroatoms. The fourth-order valence-corrected chi connectivity index (χ4v) is 3.12. The quantitative estimate of drug-likeness (QED) is 0.556. The third-order valence-corrected chi connectivity index (χ3v) is 4.63. The lowest BCUT2D eigenvalue weighted by Crippen LogP contribution is -2.31. The van der Waals surface area contributed by atoms with Gasteiger partial charge in [-0.3, -0.25) is 0 Å². The summed E-state index contributed by atoms with van der Waals surface area (Å²) in [5.74, 6) is 1.94. The first-order valence-electron chi connectivity index (χ1n) is 7.82. The molecule has 1 aliphatic rings. The summed E-state index contributed by atoms with van der Waals surface area (Å²) in [6, 6.07) is 0. The standard InChI is InChI=1S/C19H32O/c1-14(2)8-10-16-11-13-18(20-7)17(19(16,5)6)12-9-15(3)4/h8-9,16H,10-13H2,1-7H3/t16-/m1/s1. The highest BCUT2D eigenvalue weighted by Gasteiger charge is 2.37. The lowest BCUT2D eigenvalue weighted by atomic mass is 9.65. The van der Waals surface area contributed by atoms with Crippen LogP contribution in [0.2, 0.25) is 0 Å². The van der Waals surface area contributed by atoms with E-state index in [1.165, 1.54) is 35.3 Å². The number of allylic oxidation sites excluding steroid dienone is 6. The number of rotatable bonds is 5. The molecule has 0 unspecified atom stereocenters. The van der Waals surface area contributed by atoms with Crippen molar-refractivity contribution in [3.05, 3.63) is 34.6 Å². The maximum absolute atomic E-state index is 5.68. The zero-order valence-corrected chi connectivity index (χ0v) is 14.5. The van der Waals surface area contributed by atoms with Crippen molar-refractivity contribution < 1.29 is 4.74 Å². The van der Waals surface area contributed by atoms with Crippen molar-refractivity contribution in [2.24, 2.45) is 11.3 Å². The monoisotopic (exact) mass is 276 g/mol. The molecule has 0 aliphatic heterocycles. The van der Waals surface area contributed by atoms with Gasteiger partial charge in [0.25, 0.3) is 0 Å². The van der Waals surface area contributed by atoms with Gasteiger partial charge in [-0.15, -0.1) is 0 Å². The van der Waals surface area contributed by atoms with Gasteiger partial charge in [0.1, 0.15) is 0 Å². The third-order valence-electron chi connectivity index (χ3n) is 4.63. The van der Waals surface area contributed by atoms with E-state index in [1.807, 2.05) is 7.11 Å². The van der Waals surface area contributed by atoms with Gasteiger partial charge in [-0.05, 0) is 63.9 Å². The molecule has 20 heavy (non-hydrogen) atoms. The molecular formula is C19H32O. The molecule has 0 amide bonds. The van der Waals surface area contributed by atoms with Crippen LogP contribution < -0.4 is 0 Å². The minimum atomic E-state index is 0.224. The Kier molecular flexibility index (Phi) is 6.10. The van der Waals surface area contributed by atoms with E-state index in [1.54, 1.807) is 0 Å². The highest BCUT2D eigenvalue weighted by atomic mass is 16.5. The average Bonchev–Trinajstić information content (AvgIpc) is 2.34. The fraction of sp³-hybridized carbons (Fsp3) is 0.684. The maximum Gasteiger partial charge on any atom is 0.0956 e. The van der Waals surface area contributed by atoms with Gasteiger partial charge in [0.2, 0.25) is 0 Å². The van der Waals surface area contributed by atoms with Crippen LogP contribution in [0.4, 0.5) is 0 Å². The third kappa shape index (κ3) is 4.26. The summed E-state index contributed by atoms with van der Waals surface area (Å²) < 4.78 is 5.68. The highest BCUT2D eigenvalue weighted by molar-refractivity contribution is 5.25. The molecule has 0 fully saturated rings. The van der Waals surface area contributed by atoms with Crippen molar-refractivity contribution in [2.45, 2.75) is 67.2 Å². The minimum Gasteiger partial charge on any atom is -0.501 e. The lowest BCUT2D eigenvalue weighted by molar-refractivity contribution is 0.169. The Morgan fingerprint density at radius 1 is 1.15 bits per heavy atom. The summed E-state index contributed by atoms with van der Waals surface area (Å²) >= 11 is 0. The average molecular weight is 276 g/mol. The number of methoxy groups -OCH3 is 1. The smallest absolute Gasteiger partial charge is 0.0956 e. The molecule has 114 valence electrons. The molecule has 1 nitrogen and oxygen atoms in total. The molecule has 0 aromatic heterocycles. The molecule has 0 aromatic carbocycles. The van der Waals surface area contributed by atoms with Gasteiger partial charge < -0.3 is 4.74 Å². The Labute approximate surface area is 125 Å². The van der Waals surface area contributed by atoms with Crippen molar-refractivity contribution in [3.63, 3.8) is 0 Å². The molecule has 0 saturated heterocycles. The summed E-state index contributed by atoms with van der Waals surface area (Å²) in [4.78, 5) is 0. The zero-order chi connectivity index (χ0) is 15.3. The van der Waals surface area contributed by atoms with Gasteiger partial charge in [-0.1, -0.05) is 37.1 Å². The van der Waals surface area contributed by atoms with Crippen LogP contribution in [-0.4, -0.2) is 7.11 Å². The number of hydrogen-bond donors (Lipinski definition) is 0. The van der Waals surface area contributed by atoms with E-state index in [9.17, 15) is 0 Å². The molecule has 0 heterocycles. The predicted molar refractivity (Wildman–Crippen MR) is 88.6 cm³/mol. The van der Waals surface area contributed by atoms with E-state index in [4.69, 9.17) is 4.74 Å². The SMILES string of the molecule is COC1=C(CC=C(C)C)C(C)(C)[C@H](CC=C(C)C)CC1. The Hall–Kier alpha value is -0.980. The van der Waals surface area contributed by atoms with E-state index in [0.717, 1.165) is 18.8 Å². The van der Waals surface area contributed by atoms with Crippen LogP contribution in [0.5, 0.6) is 0 Å². The van der Waals surface area contributed by atoms with Crippen molar-refractivity contribution in [3.8, 4) is 0 Å². The second-order valence-corrected chi connectivity index (χ2v) is 7.07. The van der Waals surface area contributed by atoms with Crippen LogP contribution in [0.25, 0.3) is 0 Å². The number of hydrogen-bond acceptors (Lipinski definition) is 1. The molecule has 1 rings (SSSR count). The van der Waals surface area contributed by atoms with E-state index in [0.29, 0.717) is 0 Å². The van der Waals surface area contributed by atoms with E-state index >= 15 is 0 Å². The van der Waals surface area contributed by atoms with Gasteiger partial charge in [0, 0.05) is 6.42 Å². The predicted octanol–water partition coefficient (Wildman–Crippen LogP) is 6.04. The van der Waals surface area contributed by atoms with Gasteiger partial charge in [0.05, 0.1) is 12.9 Å². The molecule has 0 saturated carbocycles. The van der Waals surface area contributed by atoms with Crippen LogP contribution >= 0.6 is 0 Å². The second kappa shape index (κ2) is 7.15. The van der Waals surface area contributed by atoms with Crippen LogP contribution in [0.1, 0.15) is 67.2 Å². The van der Waals surface area contributed by atoms with Crippen LogP contribution in [0, 0.1) is 11.3 Å². The van der Waals surface area contributed by atoms with Crippen LogP contribution in [0.15, 0.2) is 34.6 Å². The molecule has 0 bridgehead atoms. The Morgan fingerprint density at radius 2 is 1.75 bits per heavy atom. The van der Waals surface area contributed by atoms with E-state index in [2.05, 4.69) is 53.7 Å². The van der Waals surface area contributed by atoms with Crippen molar-refractivity contribution in [1.29, 1.82) is 0 Å². The van der Waals surface area contributed by atoms with Gasteiger partial charge in [-0.2, -0.15) is 0 Å². The van der Waals surface area contributed by atoms with Gasteiger partial charge in [-0.25, -0.2) is 0 Å². The minimum absolute atomic E-state index is 0.224. The second-order valence-electron chi connectivity index (χ2n) is 7.07. The lowest BCUT2D eigenvalue weighted by Gasteiger charge is -2.41. The molecule has 1 aliphatic carbocycles. The summed E-state index contributed by atoms with van der Waals surface area (Å²) in [7, 11) is 1.82. The first-order chi connectivity index (χ1) is 9.28. The Balaban J connectivity index is 3.03. The van der Waals surface area contributed by atoms with Gasteiger partial charge in [0.15, 0.2) is 0 Å². The first kappa shape index (κ1) is 17.1. The molecule has 0 spiro atoms. The topological polar surface area (TPSA) is 9.23 Å². The Bertz CT molecular complexity index is 413. The Morgan fingerprint density at radius 3 is 2.25 bits per heavy atom. The maximum atomic E-state index is 5.68. The molecule has 1 atom stereocenters. The molecule has 0 aromatic rings. The molecule has 0 N–H and O–H groups in total. The summed E-state index contributed by atoms with van der Waals surface area (Å²) in [6.07, 6.45) is 9.27. The fourth-order valence-electron chi connectivity index (χ4n) is 3.12. The normalized spacial score (nSPS) is 21.4. The number of ether oxygens (including phenoxy) is 1. The first-order valence-corrected chi connectivity index (χ1v) is 7.82. The van der Waals surface area contributed by atoms with Gasteiger partial charge >= 0.3 is 0 Å². The van der Waals surface area contributed by atoms with Crippen molar-refractivity contribution >= 4 is 0 Å². The summed E-state index contributed by atoms with van der Waals surface area (Å²) in [6.45, 7) is 13.5. The van der Waals surface area contributed by atoms with Crippen molar-refractivity contribution in [2.75, 3.05) is 7.11 Å². The molecule has 0 radical (unpaired) electrons. The summed E-state index contributed by atoms with van der Waals surface area (Å²) in [5.41, 5.74) is 4.53. The van der Waals surface area contributed by atoms with E-state index < -0.39 is 0 Å². The van der Waals surface area contributed by atoms with Crippen LogP contribution in [0.3, 0.4) is 0 Å². The van der Waals surface area contributed by atoms with Crippen LogP contribution in [-0.2, 0) is 4.74 Å².